The van der Waals surface area contributed by atoms with E-state index in [0.29, 0.717) is 24.8 Å². The second-order valence-corrected chi connectivity index (χ2v) is 4.65. The van der Waals surface area contributed by atoms with E-state index in [1.165, 1.54) is 0 Å². The van der Waals surface area contributed by atoms with Crippen LogP contribution in [0.5, 0.6) is 0 Å². The van der Waals surface area contributed by atoms with Crippen molar-refractivity contribution < 1.29 is 13.4 Å². The third-order valence-electron chi connectivity index (χ3n) is 1.84. The minimum atomic E-state index is -0.927. The monoisotopic (exact) mass is 243 g/mol. The van der Waals surface area contributed by atoms with E-state index in [9.17, 15) is 4.21 Å². The van der Waals surface area contributed by atoms with Crippen molar-refractivity contribution >= 4 is 10.8 Å². The molecular weight excluding hydrogens is 226 g/mol. The van der Waals surface area contributed by atoms with Crippen LogP contribution in [0.4, 0.5) is 0 Å². The van der Waals surface area contributed by atoms with Crippen molar-refractivity contribution in [1.82, 2.24) is 5.32 Å². The van der Waals surface area contributed by atoms with Crippen LogP contribution in [-0.4, -0.2) is 30.3 Å². The second kappa shape index (κ2) is 8.27. The molecule has 1 aromatic heterocycles. The van der Waals surface area contributed by atoms with E-state index >= 15 is 0 Å². The Balaban J connectivity index is 2.07. The number of ether oxygens (including phenoxy) is 1. The normalized spacial score (nSPS) is 13.3. The molecule has 1 heterocycles. The fraction of sp³-hybridized carbons (Fsp3) is 0.455. The number of furan rings is 1. The maximum Gasteiger partial charge on any atom is 0.116 e. The van der Waals surface area contributed by atoms with Gasteiger partial charge in [0.1, 0.15) is 5.76 Å². The Labute approximate surface area is 98.1 Å². The van der Waals surface area contributed by atoms with E-state index in [4.69, 9.17) is 9.15 Å². The van der Waals surface area contributed by atoms with Crippen LogP contribution in [0.1, 0.15) is 5.76 Å². The Hall–Kier alpha value is -0.910. The molecule has 0 aliphatic rings. The van der Waals surface area contributed by atoms with Gasteiger partial charge in [-0.15, -0.1) is 0 Å². The quantitative estimate of drug-likeness (QED) is 0.552. The van der Waals surface area contributed by atoms with Crippen LogP contribution in [0.15, 0.2) is 35.0 Å². The first-order chi connectivity index (χ1) is 7.83. The molecule has 5 heteroatoms. The Morgan fingerprint density at radius 1 is 1.56 bits per heavy atom. The Bertz CT molecular complexity index is 322. The Morgan fingerprint density at radius 2 is 2.44 bits per heavy atom. The van der Waals surface area contributed by atoms with Crippen LogP contribution in [0.25, 0.3) is 0 Å². The zero-order valence-corrected chi connectivity index (χ0v) is 10.2. The van der Waals surface area contributed by atoms with Crippen LogP contribution in [0, 0.1) is 0 Å². The number of nitrogens with one attached hydrogen (secondary N) is 1. The minimum absolute atomic E-state index is 0.460. The van der Waals surface area contributed by atoms with Crippen molar-refractivity contribution in [3.63, 3.8) is 0 Å². The first-order valence-corrected chi connectivity index (χ1v) is 6.53. The molecule has 0 saturated heterocycles. The summed E-state index contributed by atoms with van der Waals surface area (Å²) in [4.78, 5) is 0. The zero-order chi connectivity index (χ0) is 11.6. The molecule has 0 aliphatic carbocycles. The molecule has 1 rings (SSSR count). The van der Waals surface area contributed by atoms with Crippen LogP contribution in [0.3, 0.4) is 0 Å². The van der Waals surface area contributed by atoms with E-state index in [1.54, 1.807) is 19.4 Å². The summed E-state index contributed by atoms with van der Waals surface area (Å²) in [6.45, 7) is 1.31. The summed E-state index contributed by atoms with van der Waals surface area (Å²) in [5.41, 5.74) is 0. The SMILES string of the molecule is COC/C=C\CNCS(=O)Cc1ccco1. The van der Waals surface area contributed by atoms with Crippen molar-refractivity contribution in [3.05, 3.63) is 36.3 Å². The molecule has 0 radical (unpaired) electrons. The number of rotatable bonds is 8. The maximum absolute atomic E-state index is 11.5. The van der Waals surface area contributed by atoms with Gasteiger partial charge in [0.05, 0.1) is 24.5 Å². The van der Waals surface area contributed by atoms with E-state index in [2.05, 4.69) is 5.32 Å². The highest BCUT2D eigenvalue weighted by molar-refractivity contribution is 7.84. The lowest BCUT2D eigenvalue weighted by Gasteiger charge is -2.00. The Morgan fingerprint density at radius 3 is 3.12 bits per heavy atom. The molecule has 0 aromatic carbocycles. The van der Waals surface area contributed by atoms with E-state index < -0.39 is 10.8 Å². The first kappa shape index (κ1) is 13.2. The highest BCUT2D eigenvalue weighted by Gasteiger charge is 2.02. The molecule has 0 amide bonds. The van der Waals surface area contributed by atoms with Gasteiger partial charge in [0.15, 0.2) is 0 Å². The lowest BCUT2D eigenvalue weighted by atomic mass is 10.5. The Kier molecular flexibility index (Phi) is 6.80. The molecule has 1 unspecified atom stereocenters. The molecule has 0 spiro atoms. The van der Waals surface area contributed by atoms with Crippen LogP contribution < -0.4 is 5.32 Å². The third kappa shape index (κ3) is 5.85. The lowest BCUT2D eigenvalue weighted by molar-refractivity contribution is 0.233. The van der Waals surface area contributed by atoms with Gasteiger partial charge in [-0.2, -0.15) is 0 Å². The molecule has 1 aromatic rings. The van der Waals surface area contributed by atoms with Gasteiger partial charge in [-0.3, -0.25) is 4.21 Å². The number of methoxy groups -OCH3 is 1. The van der Waals surface area contributed by atoms with Gasteiger partial charge < -0.3 is 14.5 Å². The molecule has 4 nitrogen and oxygen atoms in total. The smallest absolute Gasteiger partial charge is 0.116 e. The minimum Gasteiger partial charge on any atom is -0.468 e. The summed E-state index contributed by atoms with van der Waals surface area (Å²) in [5, 5.41) is 3.07. The molecule has 0 saturated carbocycles. The fourth-order valence-electron chi connectivity index (χ4n) is 1.11. The largest absolute Gasteiger partial charge is 0.468 e. The molecule has 90 valence electrons. The van der Waals surface area contributed by atoms with Gasteiger partial charge >= 0.3 is 0 Å². The average Bonchev–Trinajstić information content (AvgIpc) is 2.76. The van der Waals surface area contributed by atoms with Crippen molar-refractivity contribution in [1.29, 1.82) is 0 Å². The molecule has 0 fully saturated rings. The average molecular weight is 243 g/mol. The van der Waals surface area contributed by atoms with Crippen LogP contribution >= 0.6 is 0 Å². The number of hydrogen-bond donors (Lipinski definition) is 1. The second-order valence-electron chi connectivity index (χ2n) is 3.19. The van der Waals surface area contributed by atoms with Crippen LogP contribution in [-0.2, 0) is 21.3 Å². The highest BCUT2D eigenvalue weighted by atomic mass is 32.2. The van der Waals surface area contributed by atoms with Gasteiger partial charge in [0.2, 0.25) is 0 Å². The van der Waals surface area contributed by atoms with E-state index in [1.807, 2.05) is 18.2 Å². The van der Waals surface area contributed by atoms with E-state index in [-0.39, 0.29) is 0 Å². The van der Waals surface area contributed by atoms with Gasteiger partial charge in [-0.1, -0.05) is 12.2 Å². The predicted molar refractivity (Wildman–Crippen MR) is 64.4 cm³/mol. The summed E-state index contributed by atoms with van der Waals surface area (Å²) >= 11 is 0. The highest BCUT2D eigenvalue weighted by Crippen LogP contribution is 2.03. The number of hydrogen-bond acceptors (Lipinski definition) is 4. The molecule has 1 N–H and O–H groups in total. The van der Waals surface area contributed by atoms with Gasteiger partial charge in [-0.05, 0) is 12.1 Å². The van der Waals surface area contributed by atoms with Crippen molar-refractivity contribution in [2.45, 2.75) is 5.75 Å². The third-order valence-corrected chi connectivity index (χ3v) is 2.97. The first-order valence-electron chi connectivity index (χ1n) is 5.05. The standard InChI is InChI=1S/C11H17NO3S/c1-14-7-3-2-6-12-10-16(13)9-11-5-4-8-15-11/h2-5,8,12H,6-7,9-10H2,1H3/b3-2-. The maximum atomic E-state index is 11.5. The summed E-state index contributed by atoms with van der Waals surface area (Å²) < 4.78 is 21.5. The van der Waals surface area contributed by atoms with Crippen molar-refractivity contribution in [2.24, 2.45) is 0 Å². The predicted octanol–water partition coefficient (Wildman–Crippen LogP) is 1.28. The zero-order valence-electron chi connectivity index (χ0n) is 9.35. The molecular formula is C11H17NO3S. The summed E-state index contributed by atoms with van der Waals surface area (Å²) in [5.74, 6) is 1.69. The van der Waals surface area contributed by atoms with Crippen LogP contribution in [0.2, 0.25) is 0 Å². The van der Waals surface area contributed by atoms with Gasteiger partial charge in [0, 0.05) is 24.5 Å². The summed E-state index contributed by atoms with van der Waals surface area (Å²) in [6, 6.07) is 3.63. The molecule has 16 heavy (non-hydrogen) atoms. The van der Waals surface area contributed by atoms with Gasteiger partial charge in [-0.25, -0.2) is 0 Å². The lowest BCUT2D eigenvalue weighted by Crippen LogP contribution is -2.20. The van der Waals surface area contributed by atoms with Crippen molar-refractivity contribution in [2.75, 3.05) is 26.1 Å². The summed E-state index contributed by atoms with van der Waals surface area (Å²) in [6.07, 6.45) is 5.46. The molecule has 0 aliphatic heterocycles. The van der Waals surface area contributed by atoms with Gasteiger partial charge in [0.25, 0.3) is 0 Å². The molecule has 0 bridgehead atoms. The summed E-state index contributed by atoms with van der Waals surface area (Å²) in [7, 11) is 0.722. The fourth-order valence-corrected chi connectivity index (χ4v) is 2.04. The van der Waals surface area contributed by atoms with Crippen molar-refractivity contribution in [3.8, 4) is 0 Å². The molecule has 1 atom stereocenters. The van der Waals surface area contributed by atoms with E-state index in [0.717, 1.165) is 5.76 Å². The topological polar surface area (TPSA) is 51.5 Å².